The molecule has 0 saturated carbocycles. The highest BCUT2D eigenvalue weighted by Gasteiger charge is 1.94. The predicted octanol–water partition coefficient (Wildman–Crippen LogP) is 3.05. The summed E-state index contributed by atoms with van der Waals surface area (Å²) in [6.45, 7) is 4.05. The second-order valence-corrected chi connectivity index (χ2v) is 4.27. The van der Waals surface area contributed by atoms with Gasteiger partial charge in [-0.05, 0) is 31.5 Å². The molecule has 0 radical (unpaired) electrons. The van der Waals surface area contributed by atoms with Crippen molar-refractivity contribution >= 4 is 29.4 Å². The van der Waals surface area contributed by atoms with E-state index in [1.165, 1.54) is 0 Å². The smallest absolute Gasteiger partial charge is 0.333 e. The Hall–Kier alpha value is -1.81. The summed E-state index contributed by atoms with van der Waals surface area (Å²) in [5.74, 6) is 0. The SMILES string of the molecule is CC(C)=NNC(=O)NC/C=C/c1ccc(Cl)cc1. The maximum Gasteiger partial charge on any atom is 0.335 e. The molecule has 1 aromatic carbocycles. The monoisotopic (exact) mass is 265 g/mol. The van der Waals surface area contributed by atoms with Gasteiger partial charge in [0.2, 0.25) is 0 Å². The molecule has 0 unspecified atom stereocenters. The normalized spacial score (nSPS) is 10.2. The number of amides is 2. The summed E-state index contributed by atoms with van der Waals surface area (Å²) in [4.78, 5) is 11.2. The zero-order valence-corrected chi connectivity index (χ0v) is 11.2. The lowest BCUT2D eigenvalue weighted by molar-refractivity contribution is 0.242. The zero-order valence-electron chi connectivity index (χ0n) is 10.4. The van der Waals surface area contributed by atoms with E-state index in [4.69, 9.17) is 11.6 Å². The molecule has 0 heterocycles. The van der Waals surface area contributed by atoms with E-state index in [2.05, 4.69) is 15.8 Å². The van der Waals surface area contributed by atoms with Crippen molar-refractivity contribution in [2.24, 2.45) is 5.10 Å². The molecule has 2 N–H and O–H groups in total. The molecule has 96 valence electrons. The van der Waals surface area contributed by atoms with Crippen molar-refractivity contribution in [3.8, 4) is 0 Å². The molecule has 18 heavy (non-hydrogen) atoms. The Balaban J connectivity index is 2.31. The summed E-state index contributed by atoms with van der Waals surface area (Å²) in [6.07, 6.45) is 3.76. The second kappa shape index (κ2) is 7.50. The lowest BCUT2D eigenvalue weighted by Crippen LogP contribution is -2.32. The topological polar surface area (TPSA) is 53.5 Å². The van der Waals surface area contributed by atoms with Crippen molar-refractivity contribution in [3.05, 3.63) is 40.9 Å². The number of nitrogens with zero attached hydrogens (tertiary/aromatic N) is 1. The van der Waals surface area contributed by atoms with Crippen LogP contribution in [0.1, 0.15) is 19.4 Å². The van der Waals surface area contributed by atoms with E-state index in [1.807, 2.05) is 36.4 Å². The first-order valence-electron chi connectivity index (χ1n) is 5.55. The quantitative estimate of drug-likeness (QED) is 0.638. The molecule has 0 aliphatic heterocycles. The van der Waals surface area contributed by atoms with Gasteiger partial charge in [-0.25, -0.2) is 10.2 Å². The molecule has 0 fully saturated rings. The molecule has 0 atom stereocenters. The molecule has 5 heteroatoms. The molecule has 0 aliphatic carbocycles. The van der Waals surface area contributed by atoms with E-state index in [9.17, 15) is 4.79 Å². The second-order valence-electron chi connectivity index (χ2n) is 3.83. The standard InChI is InChI=1S/C13H16ClN3O/c1-10(2)16-17-13(18)15-9-3-4-11-5-7-12(14)8-6-11/h3-8H,9H2,1-2H3,(H2,15,17,18)/b4-3+. The number of halogens is 1. The van der Waals surface area contributed by atoms with Gasteiger partial charge in [0.15, 0.2) is 0 Å². The number of nitrogens with one attached hydrogen (secondary N) is 2. The number of hydrazone groups is 1. The van der Waals surface area contributed by atoms with Gasteiger partial charge >= 0.3 is 6.03 Å². The highest BCUT2D eigenvalue weighted by molar-refractivity contribution is 6.30. The van der Waals surface area contributed by atoms with Crippen LogP contribution in [-0.2, 0) is 0 Å². The van der Waals surface area contributed by atoms with Gasteiger partial charge in [0.1, 0.15) is 0 Å². The number of benzene rings is 1. The van der Waals surface area contributed by atoms with Gasteiger partial charge in [-0.15, -0.1) is 0 Å². The first kappa shape index (κ1) is 14.3. The summed E-state index contributed by atoms with van der Waals surface area (Å²) in [5, 5.41) is 7.14. The van der Waals surface area contributed by atoms with Crippen molar-refractivity contribution in [1.82, 2.24) is 10.7 Å². The van der Waals surface area contributed by atoms with E-state index in [-0.39, 0.29) is 6.03 Å². The predicted molar refractivity (Wildman–Crippen MR) is 75.8 cm³/mol. The van der Waals surface area contributed by atoms with E-state index in [1.54, 1.807) is 13.8 Å². The van der Waals surface area contributed by atoms with Crippen LogP contribution in [0.3, 0.4) is 0 Å². The maximum atomic E-state index is 11.2. The van der Waals surface area contributed by atoms with Gasteiger partial charge in [-0.2, -0.15) is 5.10 Å². The van der Waals surface area contributed by atoms with Gasteiger partial charge in [-0.1, -0.05) is 35.9 Å². The van der Waals surface area contributed by atoms with Crippen LogP contribution >= 0.6 is 11.6 Å². The Morgan fingerprint density at radius 3 is 2.61 bits per heavy atom. The van der Waals surface area contributed by atoms with Gasteiger partial charge in [0, 0.05) is 17.3 Å². The number of hydrogen-bond acceptors (Lipinski definition) is 2. The summed E-state index contributed by atoms with van der Waals surface area (Å²) in [5.41, 5.74) is 4.20. The summed E-state index contributed by atoms with van der Waals surface area (Å²) < 4.78 is 0. The Morgan fingerprint density at radius 1 is 1.33 bits per heavy atom. The first-order chi connectivity index (χ1) is 8.58. The lowest BCUT2D eigenvalue weighted by Gasteiger charge is -2.00. The summed E-state index contributed by atoms with van der Waals surface area (Å²) in [7, 11) is 0. The Labute approximate surface area is 112 Å². The third-order valence-corrected chi connectivity index (χ3v) is 2.19. The largest absolute Gasteiger partial charge is 0.335 e. The van der Waals surface area contributed by atoms with Crippen LogP contribution in [0.25, 0.3) is 6.08 Å². The lowest BCUT2D eigenvalue weighted by atomic mass is 10.2. The van der Waals surface area contributed by atoms with Gasteiger partial charge in [0.05, 0.1) is 0 Å². The van der Waals surface area contributed by atoms with Crippen molar-refractivity contribution < 1.29 is 4.79 Å². The zero-order chi connectivity index (χ0) is 13.4. The highest BCUT2D eigenvalue weighted by atomic mass is 35.5. The van der Waals surface area contributed by atoms with Crippen LogP contribution < -0.4 is 10.7 Å². The molecular weight excluding hydrogens is 250 g/mol. The van der Waals surface area contributed by atoms with E-state index < -0.39 is 0 Å². The van der Waals surface area contributed by atoms with Crippen LogP contribution in [0.15, 0.2) is 35.4 Å². The molecular formula is C13H16ClN3O. The van der Waals surface area contributed by atoms with Crippen molar-refractivity contribution in [3.63, 3.8) is 0 Å². The molecule has 4 nitrogen and oxygen atoms in total. The molecule has 0 spiro atoms. The average molecular weight is 266 g/mol. The van der Waals surface area contributed by atoms with Gasteiger partial charge in [-0.3, -0.25) is 0 Å². The minimum atomic E-state index is -0.322. The van der Waals surface area contributed by atoms with E-state index in [0.717, 1.165) is 11.3 Å². The van der Waals surface area contributed by atoms with Crippen LogP contribution in [0.5, 0.6) is 0 Å². The highest BCUT2D eigenvalue weighted by Crippen LogP contribution is 2.10. The first-order valence-corrected chi connectivity index (χ1v) is 5.92. The maximum absolute atomic E-state index is 11.2. The van der Waals surface area contributed by atoms with Crippen molar-refractivity contribution in [2.45, 2.75) is 13.8 Å². The molecule has 0 bridgehead atoms. The molecule has 1 aromatic rings. The Morgan fingerprint density at radius 2 is 2.00 bits per heavy atom. The fourth-order valence-corrected chi connectivity index (χ4v) is 1.25. The van der Waals surface area contributed by atoms with Crippen LogP contribution in [0.2, 0.25) is 5.02 Å². The minimum absolute atomic E-state index is 0.322. The molecule has 0 aliphatic rings. The molecule has 1 rings (SSSR count). The van der Waals surface area contributed by atoms with Crippen molar-refractivity contribution in [2.75, 3.05) is 6.54 Å². The number of rotatable bonds is 4. The number of carbonyl (C=O) groups is 1. The van der Waals surface area contributed by atoms with Crippen LogP contribution in [0, 0.1) is 0 Å². The van der Waals surface area contributed by atoms with Crippen molar-refractivity contribution in [1.29, 1.82) is 0 Å². The Bertz CT molecular complexity index is 448. The Kier molecular flexibility index (Phi) is 5.94. The third-order valence-electron chi connectivity index (χ3n) is 1.94. The van der Waals surface area contributed by atoms with E-state index >= 15 is 0 Å². The molecule has 0 aromatic heterocycles. The summed E-state index contributed by atoms with van der Waals surface area (Å²) in [6, 6.07) is 7.13. The fraction of sp³-hybridized carbons (Fsp3) is 0.231. The third kappa shape index (κ3) is 6.06. The number of hydrogen-bond donors (Lipinski definition) is 2. The summed E-state index contributed by atoms with van der Waals surface area (Å²) >= 11 is 5.77. The average Bonchev–Trinajstić information content (AvgIpc) is 2.34. The molecule has 0 saturated heterocycles. The molecule has 2 amide bonds. The number of carbonyl (C=O) groups excluding carboxylic acids is 1. The number of urea groups is 1. The fourth-order valence-electron chi connectivity index (χ4n) is 1.12. The van der Waals surface area contributed by atoms with Crippen LogP contribution in [-0.4, -0.2) is 18.3 Å². The minimum Gasteiger partial charge on any atom is -0.333 e. The van der Waals surface area contributed by atoms with Gasteiger partial charge < -0.3 is 5.32 Å². The van der Waals surface area contributed by atoms with Gasteiger partial charge in [0.25, 0.3) is 0 Å². The van der Waals surface area contributed by atoms with Crippen LogP contribution in [0.4, 0.5) is 4.79 Å². The van der Waals surface area contributed by atoms with E-state index in [0.29, 0.717) is 11.6 Å².